The number of amides is 1. The summed E-state index contributed by atoms with van der Waals surface area (Å²) < 4.78 is 27.2. The van der Waals surface area contributed by atoms with Gasteiger partial charge < -0.3 is 29.0 Å². The fourth-order valence-electron chi connectivity index (χ4n) is 2.57. The SMILES string of the molecule is C[C@@H](Oc1ccc2c(c1)OCO2)C(=O)Nc1ccc2c(c1)OCCO2. The molecule has 130 valence electrons. The second kappa shape index (κ2) is 6.43. The lowest BCUT2D eigenvalue weighted by Gasteiger charge is -2.19. The van der Waals surface area contributed by atoms with Crippen LogP contribution in [0.5, 0.6) is 28.7 Å². The van der Waals surface area contributed by atoms with Crippen LogP contribution in [0.3, 0.4) is 0 Å². The number of rotatable bonds is 4. The molecule has 25 heavy (non-hydrogen) atoms. The van der Waals surface area contributed by atoms with Crippen LogP contribution in [0.25, 0.3) is 0 Å². The Kier molecular flexibility index (Phi) is 3.97. The molecule has 2 aliphatic rings. The minimum atomic E-state index is -0.687. The molecule has 1 N–H and O–H groups in total. The van der Waals surface area contributed by atoms with Crippen LogP contribution < -0.4 is 29.0 Å². The Labute approximate surface area is 144 Å². The van der Waals surface area contributed by atoms with Gasteiger partial charge in [0, 0.05) is 17.8 Å². The normalized spacial score (nSPS) is 15.4. The number of carbonyl (C=O) groups excluding carboxylic acids is 1. The average molecular weight is 343 g/mol. The second-order valence-corrected chi connectivity index (χ2v) is 5.62. The second-order valence-electron chi connectivity index (χ2n) is 5.62. The molecular weight excluding hydrogens is 326 g/mol. The molecule has 0 radical (unpaired) electrons. The summed E-state index contributed by atoms with van der Waals surface area (Å²) in [7, 11) is 0. The number of fused-ring (bicyclic) bond motifs is 2. The lowest BCUT2D eigenvalue weighted by molar-refractivity contribution is -0.122. The molecule has 0 saturated carbocycles. The molecule has 0 unspecified atom stereocenters. The first-order chi connectivity index (χ1) is 12.2. The minimum absolute atomic E-state index is 0.193. The number of hydrogen-bond acceptors (Lipinski definition) is 6. The van der Waals surface area contributed by atoms with Crippen molar-refractivity contribution in [3.63, 3.8) is 0 Å². The van der Waals surface area contributed by atoms with Crippen molar-refractivity contribution >= 4 is 11.6 Å². The van der Waals surface area contributed by atoms with E-state index >= 15 is 0 Å². The quantitative estimate of drug-likeness (QED) is 0.920. The van der Waals surface area contributed by atoms with Crippen LogP contribution in [-0.4, -0.2) is 32.0 Å². The zero-order valence-corrected chi connectivity index (χ0v) is 13.6. The maximum atomic E-state index is 12.4. The van der Waals surface area contributed by atoms with Gasteiger partial charge >= 0.3 is 0 Å². The minimum Gasteiger partial charge on any atom is -0.486 e. The molecule has 1 amide bonds. The summed E-state index contributed by atoms with van der Waals surface area (Å²) in [6, 6.07) is 10.5. The van der Waals surface area contributed by atoms with E-state index in [2.05, 4.69) is 5.32 Å². The van der Waals surface area contributed by atoms with Gasteiger partial charge in [-0.3, -0.25) is 4.79 Å². The Bertz CT molecular complexity index is 806. The van der Waals surface area contributed by atoms with E-state index in [0.29, 0.717) is 47.6 Å². The van der Waals surface area contributed by atoms with E-state index in [1.54, 1.807) is 43.3 Å². The first-order valence-corrected chi connectivity index (χ1v) is 7.96. The van der Waals surface area contributed by atoms with Crippen LogP contribution in [0.1, 0.15) is 6.92 Å². The van der Waals surface area contributed by atoms with Crippen molar-refractivity contribution in [2.75, 3.05) is 25.3 Å². The summed E-state index contributed by atoms with van der Waals surface area (Å²) in [5.74, 6) is 2.84. The molecule has 2 aliphatic heterocycles. The summed E-state index contributed by atoms with van der Waals surface area (Å²) in [5, 5.41) is 2.81. The number of nitrogens with one attached hydrogen (secondary N) is 1. The van der Waals surface area contributed by atoms with E-state index in [1.165, 1.54) is 0 Å². The number of carbonyl (C=O) groups is 1. The van der Waals surface area contributed by atoms with Gasteiger partial charge in [-0.05, 0) is 31.2 Å². The molecule has 0 fully saturated rings. The van der Waals surface area contributed by atoms with Crippen LogP contribution in [0.15, 0.2) is 36.4 Å². The Morgan fingerprint density at radius 3 is 2.52 bits per heavy atom. The van der Waals surface area contributed by atoms with E-state index < -0.39 is 6.10 Å². The molecule has 0 aromatic heterocycles. The highest BCUT2D eigenvalue weighted by molar-refractivity contribution is 5.94. The molecule has 1 atom stereocenters. The van der Waals surface area contributed by atoms with E-state index in [0.717, 1.165) is 0 Å². The molecule has 7 heteroatoms. The molecule has 7 nitrogen and oxygen atoms in total. The molecule has 0 spiro atoms. The van der Waals surface area contributed by atoms with Crippen LogP contribution in [0.4, 0.5) is 5.69 Å². The van der Waals surface area contributed by atoms with Gasteiger partial charge in [-0.1, -0.05) is 0 Å². The first-order valence-electron chi connectivity index (χ1n) is 7.96. The highest BCUT2D eigenvalue weighted by Gasteiger charge is 2.19. The smallest absolute Gasteiger partial charge is 0.265 e. The van der Waals surface area contributed by atoms with Crippen molar-refractivity contribution in [3.8, 4) is 28.7 Å². The Morgan fingerprint density at radius 1 is 0.960 bits per heavy atom. The molecule has 0 bridgehead atoms. The summed E-state index contributed by atoms with van der Waals surface area (Å²) in [5.41, 5.74) is 0.621. The summed E-state index contributed by atoms with van der Waals surface area (Å²) in [6.07, 6.45) is -0.687. The standard InChI is InChI=1S/C18H17NO6/c1-11(25-13-3-5-15-17(9-13)24-10-23-15)18(20)19-12-2-4-14-16(8-12)22-7-6-21-14/h2-5,8-9,11H,6-7,10H2,1H3,(H,19,20)/t11-/m1/s1. The van der Waals surface area contributed by atoms with E-state index in [9.17, 15) is 4.79 Å². The van der Waals surface area contributed by atoms with Crippen molar-refractivity contribution in [3.05, 3.63) is 36.4 Å². The molecule has 0 saturated heterocycles. The van der Waals surface area contributed by atoms with Crippen molar-refractivity contribution in [1.82, 2.24) is 0 Å². The molecule has 2 heterocycles. The zero-order chi connectivity index (χ0) is 17.2. The predicted molar refractivity (Wildman–Crippen MR) is 88.7 cm³/mol. The van der Waals surface area contributed by atoms with Gasteiger partial charge in [0.25, 0.3) is 5.91 Å². The van der Waals surface area contributed by atoms with E-state index in [1.807, 2.05) is 0 Å². The fourth-order valence-corrected chi connectivity index (χ4v) is 2.57. The van der Waals surface area contributed by atoms with Gasteiger partial charge in [-0.25, -0.2) is 0 Å². The van der Waals surface area contributed by atoms with Crippen molar-refractivity contribution in [2.24, 2.45) is 0 Å². The molecular formula is C18H17NO6. The molecule has 0 aliphatic carbocycles. The maximum absolute atomic E-state index is 12.4. The number of hydrogen-bond donors (Lipinski definition) is 1. The largest absolute Gasteiger partial charge is 0.486 e. The van der Waals surface area contributed by atoms with Crippen molar-refractivity contribution in [2.45, 2.75) is 13.0 Å². The molecule has 4 rings (SSSR count). The van der Waals surface area contributed by atoms with Gasteiger partial charge in [0.1, 0.15) is 19.0 Å². The first kappa shape index (κ1) is 15.4. The monoisotopic (exact) mass is 343 g/mol. The van der Waals surface area contributed by atoms with Gasteiger partial charge in [0.2, 0.25) is 6.79 Å². The van der Waals surface area contributed by atoms with Crippen molar-refractivity contribution in [1.29, 1.82) is 0 Å². The third-order valence-corrected chi connectivity index (χ3v) is 3.84. The fraction of sp³-hybridized carbons (Fsp3) is 0.278. The lowest BCUT2D eigenvalue weighted by atomic mass is 10.2. The van der Waals surface area contributed by atoms with Gasteiger partial charge in [-0.2, -0.15) is 0 Å². The van der Waals surface area contributed by atoms with E-state index in [-0.39, 0.29) is 12.7 Å². The van der Waals surface area contributed by atoms with Gasteiger partial charge in [0.15, 0.2) is 29.1 Å². The van der Waals surface area contributed by atoms with Gasteiger partial charge in [-0.15, -0.1) is 0 Å². The highest BCUT2D eigenvalue weighted by atomic mass is 16.7. The molecule has 2 aromatic carbocycles. The number of ether oxygens (including phenoxy) is 5. The van der Waals surface area contributed by atoms with Crippen LogP contribution in [0, 0.1) is 0 Å². The lowest BCUT2D eigenvalue weighted by Crippen LogP contribution is -2.30. The highest BCUT2D eigenvalue weighted by Crippen LogP contribution is 2.35. The number of anilines is 1. The van der Waals surface area contributed by atoms with Gasteiger partial charge in [0.05, 0.1) is 0 Å². The zero-order valence-electron chi connectivity index (χ0n) is 13.6. The third-order valence-electron chi connectivity index (χ3n) is 3.84. The van der Waals surface area contributed by atoms with Crippen LogP contribution >= 0.6 is 0 Å². The Morgan fingerprint density at radius 2 is 1.64 bits per heavy atom. The topological polar surface area (TPSA) is 75.3 Å². The molecule has 2 aromatic rings. The Hall–Kier alpha value is -3.09. The maximum Gasteiger partial charge on any atom is 0.265 e. The average Bonchev–Trinajstić information content (AvgIpc) is 3.09. The summed E-state index contributed by atoms with van der Waals surface area (Å²) in [4.78, 5) is 12.4. The summed E-state index contributed by atoms with van der Waals surface area (Å²) in [6.45, 7) is 2.89. The predicted octanol–water partition coefficient (Wildman–Crippen LogP) is 2.59. The van der Waals surface area contributed by atoms with Crippen LogP contribution in [-0.2, 0) is 4.79 Å². The Balaban J connectivity index is 1.40. The third kappa shape index (κ3) is 3.26. The van der Waals surface area contributed by atoms with Crippen LogP contribution in [0.2, 0.25) is 0 Å². The van der Waals surface area contributed by atoms with E-state index in [4.69, 9.17) is 23.7 Å². The summed E-state index contributed by atoms with van der Waals surface area (Å²) >= 11 is 0. The van der Waals surface area contributed by atoms with Crippen molar-refractivity contribution < 1.29 is 28.5 Å². The number of benzene rings is 2.